The molecule has 0 atom stereocenters. The van der Waals surface area contributed by atoms with E-state index in [1.54, 1.807) is 0 Å². The molecule has 1 aromatic rings. The van der Waals surface area contributed by atoms with E-state index in [-0.39, 0.29) is 0 Å². The first kappa shape index (κ1) is 10.9. The van der Waals surface area contributed by atoms with E-state index in [1.165, 1.54) is 28.2 Å². The van der Waals surface area contributed by atoms with Crippen LogP contribution in [0, 0.1) is 13.8 Å². The number of thiocarbonyl (C=S) groups is 1. The zero-order valence-electron chi connectivity index (χ0n) is 9.09. The van der Waals surface area contributed by atoms with Gasteiger partial charge in [0.2, 0.25) is 0 Å². The van der Waals surface area contributed by atoms with E-state index in [0.717, 1.165) is 11.7 Å². The summed E-state index contributed by atoms with van der Waals surface area (Å²) in [5, 5.41) is 7.30. The fraction of sp³-hybridized carbons (Fsp3) is 0.545. The Morgan fingerprint density at radius 3 is 2.80 bits per heavy atom. The van der Waals surface area contributed by atoms with Gasteiger partial charge in [-0.2, -0.15) is 0 Å². The zero-order valence-corrected chi connectivity index (χ0v) is 10.7. The number of hydrogen-bond acceptors (Lipinski definition) is 2. The highest BCUT2D eigenvalue weighted by Gasteiger charge is 2.21. The van der Waals surface area contributed by atoms with Crippen molar-refractivity contribution in [3.05, 3.63) is 21.4 Å². The molecule has 82 valence electrons. The van der Waals surface area contributed by atoms with Crippen molar-refractivity contribution >= 4 is 28.7 Å². The average molecular weight is 240 g/mol. The van der Waals surface area contributed by atoms with Gasteiger partial charge in [0.15, 0.2) is 5.11 Å². The van der Waals surface area contributed by atoms with Crippen LogP contribution in [0.1, 0.15) is 28.2 Å². The summed E-state index contributed by atoms with van der Waals surface area (Å²) in [7, 11) is 0. The molecule has 15 heavy (non-hydrogen) atoms. The van der Waals surface area contributed by atoms with Gasteiger partial charge in [0.25, 0.3) is 0 Å². The van der Waals surface area contributed by atoms with Gasteiger partial charge in [-0.1, -0.05) is 0 Å². The lowest BCUT2D eigenvalue weighted by Crippen LogP contribution is -2.35. The molecule has 1 heterocycles. The van der Waals surface area contributed by atoms with Crippen LogP contribution in [0.5, 0.6) is 0 Å². The third-order valence-corrected chi connectivity index (χ3v) is 3.97. The number of thiophene rings is 1. The minimum absolute atomic E-state index is 0.636. The molecule has 2 rings (SSSR count). The van der Waals surface area contributed by atoms with Crippen molar-refractivity contribution in [3.8, 4) is 0 Å². The summed E-state index contributed by atoms with van der Waals surface area (Å²) >= 11 is 7.03. The van der Waals surface area contributed by atoms with Crippen LogP contribution in [0.4, 0.5) is 0 Å². The van der Waals surface area contributed by atoms with Crippen molar-refractivity contribution in [2.45, 2.75) is 39.3 Å². The molecule has 0 radical (unpaired) electrons. The van der Waals surface area contributed by atoms with Gasteiger partial charge in [-0.05, 0) is 50.5 Å². The van der Waals surface area contributed by atoms with Crippen molar-refractivity contribution in [2.75, 3.05) is 0 Å². The lowest BCUT2D eigenvalue weighted by atomic mass is 10.3. The van der Waals surface area contributed by atoms with E-state index in [9.17, 15) is 0 Å². The molecule has 0 amide bonds. The van der Waals surface area contributed by atoms with Gasteiger partial charge >= 0.3 is 0 Å². The Balaban J connectivity index is 1.78. The smallest absolute Gasteiger partial charge is 0.166 e. The standard InChI is InChI=1S/C11H16N2S2/c1-7-5-10(15-8(7)2)6-12-11(14)13-9-3-4-9/h5,9H,3-4,6H2,1-2H3,(H2,12,13,14). The van der Waals surface area contributed by atoms with E-state index in [4.69, 9.17) is 12.2 Å². The highest BCUT2D eigenvalue weighted by Crippen LogP contribution is 2.20. The average Bonchev–Trinajstić information content (AvgIpc) is 2.92. The first-order valence-corrected chi connectivity index (χ1v) is 6.48. The summed E-state index contributed by atoms with van der Waals surface area (Å²) in [6.07, 6.45) is 2.53. The van der Waals surface area contributed by atoms with Gasteiger partial charge in [-0.25, -0.2) is 0 Å². The summed E-state index contributed by atoms with van der Waals surface area (Å²) in [5.74, 6) is 0. The number of rotatable bonds is 3. The summed E-state index contributed by atoms with van der Waals surface area (Å²) in [6.45, 7) is 5.15. The Morgan fingerprint density at radius 1 is 1.53 bits per heavy atom. The maximum absolute atomic E-state index is 5.19. The molecule has 0 aromatic carbocycles. The summed E-state index contributed by atoms with van der Waals surface area (Å²) in [6, 6.07) is 2.86. The van der Waals surface area contributed by atoms with Crippen molar-refractivity contribution in [2.24, 2.45) is 0 Å². The van der Waals surface area contributed by atoms with Crippen LogP contribution >= 0.6 is 23.6 Å². The Kier molecular flexibility index (Phi) is 3.26. The quantitative estimate of drug-likeness (QED) is 0.794. The summed E-state index contributed by atoms with van der Waals surface area (Å²) in [4.78, 5) is 2.75. The van der Waals surface area contributed by atoms with Crippen LogP contribution in [0.3, 0.4) is 0 Å². The maximum Gasteiger partial charge on any atom is 0.166 e. The number of hydrogen-bond donors (Lipinski definition) is 2. The van der Waals surface area contributed by atoms with Crippen LogP contribution in [-0.4, -0.2) is 11.2 Å². The van der Waals surface area contributed by atoms with E-state index in [1.807, 2.05) is 11.3 Å². The Labute approximate surface area is 100 Å². The van der Waals surface area contributed by atoms with Crippen LogP contribution in [0.2, 0.25) is 0 Å². The predicted molar refractivity (Wildman–Crippen MR) is 69.4 cm³/mol. The van der Waals surface area contributed by atoms with Crippen molar-refractivity contribution in [3.63, 3.8) is 0 Å². The minimum Gasteiger partial charge on any atom is -0.360 e. The van der Waals surface area contributed by atoms with Crippen LogP contribution in [0.25, 0.3) is 0 Å². The van der Waals surface area contributed by atoms with E-state index in [0.29, 0.717) is 6.04 Å². The van der Waals surface area contributed by atoms with Crippen molar-refractivity contribution in [1.29, 1.82) is 0 Å². The molecule has 1 aliphatic carbocycles. The zero-order chi connectivity index (χ0) is 10.8. The summed E-state index contributed by atoms with van der Waals surface area (Å²) in [5.41, 5.74) is 1.37. The Bertz CT molecular complexity index is 347. The van der Waals surface area contributed by atoms with Gasteiger partial charge in [0.05, 0.1) is 6.54 Å². The Morgan fingerprint density at radius 2 is 2.27 bits per heavy atom. The molecule has 1 aromatic heterocycles. The predicted octanol–water partition coefficient (Wildman–Crippen LogP) is 2.49. The minimum atomic E-state index is 0.636. The van der Waals surface area contributed by atoms with Gasteiger partial charge in [0, 0.05) is 15.8 Å². The highest BCUT2D eigenvalue weighted by molar-refractivity contribution is 7.80. The Hall–Kier alpha value is -0.610. The van der Waals surface area contributed by atoms with Gasteiger partial charge in [-0.3, -0.25) is 0 Å². The molecule has 4 heteroatoms. The fourth-order valence-corrected chi connectivity index (χ4v) is 2.60. The van der Waals surface area contributed by atoms with Gasteiger partial charge in [0.1, 0.15) is 0 Å². The second kappa shape index (κ2) is 4.49. The molecule has 2 nitrogen and oxygen atoms in total. The molecular weight excluding hydrogens is 224 g/mol. The molecule has 1 saturated carbocycles. The summed E-state index contributed by atoms with van der Waals surface area (Å²) < 4.78 is 0. The molecule has 0 spiro atoms. The third kappa shape index (κ3) is 3.18. The molecule has 0 unspecified atom stereocenters. The van der Waals surface area contributed by atoms with E-state index < -0.39 is 0 Å². The van der Waals surface area contributed by atoms with Crippen LogP contribution in [0.15, 0.2) is 6.07 Å². The molecule has 1 fully saturated rings. The maximum atomic E-state index is 5.19. The highest BCUT2D eigenvalue weighted by atomic mass is 32.1. The van der Waals surface area contributed by atoms with Gasteiger partial charge in [-0.15, -0.1) is 11.3 Å². The lowest BCUT2D eigenvalue weighted by Gasteiger charge is -2.07. The monoisotopic (exact) mass is 240 g/mol. The molecule has 0 aliphatic heterocycles. The topological polar surface area (TPSA) is 24.1 Å². The van der Waals surface area contributed by atoms with E-state index in [2.05, 4.69) is 30.5 Å². The normalized spacial score (nSPS) is 15.1. The SMILES string of the molecule is Cc1cc(CNC(=S)NC2CC2)sc1C. The molecule has 0 saturated heterocycles. The number of nitrogens with one attached hydrogen (secondary N) is 2. The first-order valence-electron chi connectivity index (χ1n) is 5.25. The first-order chi connectivity index (χ1) is 7.15. The second-order valence-corrected chi connectivity index (χ2v) is 5.80. The lowest BCUT2D eigenvalue weighted by molar-refractivity contribution is 0.836. The van der Waals surface area contributed by atoms with Crippen LogP contribution in [-0.2, 0) is 6.54 Å². The fourth-order valence-electron chi connectivity index (χ4n) is 1.37. The molecule has 2 N–H and O–H groups in total. The second-order valence-electron chi connectivity index (χ2n) is 4.05. The molecule has 1 aliphatic rings. The van der Waals surface area contributed by atoms with E-state index >= 15 is 0 Å². The van der Waals surface area contributed by atoms with Gasteiger partial charge < -0.3 is 10.6 Å². The number of aryl methyl sites for hydroxylation is 2. The van der Waals surface area contributed by atoms with Crippen molar-refractivity contribution < 1.29 is 0 Å². The largest absolute Gasteiger partial charge is 0.360 e. The van der Waals surface area contributed by atoms with Crippen LogP contribution < -0.4 is 10.6 Å². The molecular formula is C11H16N2S2. The van der Waals surface area contributed by atoms with Crippen molar-refractivity contribution in [1.82, 2.24) is 10.6 Å². The molecule has 0 bridgehead atoms. The third-order valence-electron chi connectivity index (χ3n) is 2.55.